The Balaban J connectivity index is 1.14. The lowest BCUT2D eigenvalue weighted by Crippen LogP contribution is -2.67. The molecular formula is C19H26N6. The van der Waals surface area contributed by atoms with E-state index in [9.17, 15) is 0 Å². The molecule has 0 saturated heterocycles. The molecule has 0 radical (unpaired) electrons. The van der Waals surface area contributed by atoms with Crippen LogP contribution < -0.4 is 16.3 Å². The van der Waals surface area contributed by atoms with E-state index >= 15 is 0 Å². The van der Waals surface area contributed by atoms with Gasteiger partial charge in [0, 0.05) is 23.2 Å². The third kappa shape index (κ3) is 2.13. The smallest absolute Gasteiger partial charge is 0.141 e. The fourth-order valence-corrected chi connectivity index (χ4v) is 5.51. The zero-order valence-corrected chi connectivity index (χ0v) is 14.5. The second kappa shape index (κ2) is 5.11. The van der Waals surface area contributed by atoms with Gasteiger partial charge >= 0.3 is 0 Å². The highest BCUT2D eigenvalue weighted by Crippen LogP contribution is 2.57. The molecule has 4 aliphatic carbocycles. The van der Waals surface area contributed by atoms with Gasteiger partial charge in [0.2, 0.25) is 0 Å². The summed E-state index contributed by atoms with van der Waals surface area (Å²) in [5, 5.41) is 5.92. The average molecular weight is 338 g/mol. The Kier molecular flexibility index (Phi) is 2.94. The van der Waals surface area contributed by atoms with Gasteiger partial charge in [0.05, 0.1) is 11.4 Å². The molecule has 0 aromatic carbocycles. The fraction of sp³-hybridized carbons (Fsp3) is 0.632. The van der Waals surface area contributed by atoms with E-state index in [0.717, 1.165) is 17.7 Å². The first-order valence-corrected chi connectivity index (χ1v) is 9.82. The van der Waals surface area contributed by atoms with Gasteiger partial charge in [0.25, 0.3) is 0 Å². The summed E-state index contributed by atoms with van der Waals surface area (Å²) in [4.78, 5) is 7.68. The van der Waals surface area contributed by atoms with Crippen molar-refractivity contribution in [2.24, 2.45) is 22.7 Å². The summed E-state index contributed by atoms with van der Waals surface area (Å²) in [5.74, 6) is 3.51. The first kappa shape index (κ1) is 14.4. The van der Waals surface area contributed by atoms with Crippen molar-refractivity contribution >= 4 is 17.9 Å². The second-order valence-corrected chi connectivity index (χ2v) is 8.71. The van der Waals surface area contributed by atoms with E-state index in [1.807, 2.05) is 17.5 Å². The Morgan fingerprint density at radius 1 is 1.20 bits per heavy atom. The summed E-state index contributed by atoms with van der Waals surface area (Å²) < 4.78 is 0. The van der Waals surface area contributed by atoms with Crippen LogP contribution in [0, 0.1) is 17.8 Å². The first-order chi connectivity index (χ1) is 12.3. The molecule has 4 fully saturated rings. The number of aromatic nitrogens is 1. The maximum Gasteiger partial charge on any atom is 0.141 e. The normalized spacial score (nSPS) is 37.9. The maximum atomic E-state index is 4.45. The molecule has 2 aliphatic heterocycles. The minimum atomic E-state index is 0.579. The van der Waals surface area contributed by atoms with E-state index in [1.54, 1.807) is 0 Å². The van der Waals surface area contributed by atoms with Crippen LogP contribution in [0.3, 0.4) is 0 Å². The molecule has 6 aliphatic rings. The number of H-pyrrole nitrogens is 1. The van der Waals surface area contributed by atoms with Crippen molar-refractivity contribution in [3.63, 3.8) is 0 Å². The molecule has 132 valence electrons. The van der Waals surface area contributed by atoms with Crippen LogP contribution in [0.4, 0.5) is 5.82 Å². The molecule has 2 bridgehead atoms. The number of aliphatic imine (C=N–C) groups is 1. The summed E-state index contributed by atoms with van der Waals surface area (Å²) in [6, 6.07) is 2.13. The molecule has 0 spiro atoms. The highest BCUT2D eigenvalue weighted by molar-refractivity contribution is 5.87. The maximum absolute atomic E-state index is 4.45. The molecule has 6 nitrogen and oxygen atoms in total. The molecule has 0 atom stereocenters. The summed E-state index contributed by atoms with van der Waals surface area (Å²) in [6.45, 7) is 1.23. The van der Waals surface area contributed by atoms with Crippen molar-refractivity contribution in [3.05, 3.63) is 23.5 Å². The number of hydrogen-bond donors (Lipinski definition) is 4. The fourth-order valence-electron chi connectivity index (χ4n) is 5.51. The molecular weight excluding hydrogens is 312 g/mol. The topological polar surface area (TPSA) is 67.5 Å². The predicted molar refractivity (Wildman–Crippen MR) is 97.5 cm³/mol. The third-order valence-corrected chi connectivity index (χ3v) is 7.15. The van der Waals surface area contributed by atoms with Gasteiger partial charge in [-0.25, -0.2) is 10.0 Å². The molecule has 0 unspecified atom stereocenters. The van der Waals surface area contributed by atoms with Crippen LogP contribution >= 0.6 is 0 Å². The number of nitrogens with one attached hydrogen (secondary N) is 4. The number of allylic oxidation sites excluding steroid dienone is 1. The quantitative estimate of drug-likeness (QED) is 0.681. The number of nitrogens with zero attached hydrogens (tertiary/aromatic N) is 2. The molecule has 3 heterocycles. The average Bonchev–Trinajstić information content (AvgIpc) is 3.18. The lowest BCUT2D eigenvalue weighted by molar-refractivity contribution is -0.0538. The van der Waals surface area contributed by atoms with E-state index in [-0.39, 0.29) is 0 Å². The van der Waals surface area contributed by atoms with E-state index in [0.29, 0.717) is 11.5 Å². The zero-order valence-electron chi connectivity index (χ0n) is 14.5. The van der Waals surface area contributed by atoms with Crippen LogP contribution in [-0.2, 0) is 0 Å². The van der Waals surface area contributed by atoms with Crippen molar-refractivity contribution in [2.45, 2.75) is 50.5 Å². The zero-order chi connectivity index (χ0) is 16.4. The minimum absolute atomic E-state index is 0.579. The highest BCUT2D eigenvalue weighted by Gasteiger charge is 2.56. The van der Waals surface area contributed by atoms with Crippen LogP contribution in [-0.4, -0.2) is 28.4 Å². The summed E-state index contributed by atoms with van der Waals surface area (Å²) in [5.41, 5.74) is 11.0. The standard InChI is InChI=1S/C19H26N6/c1-3-14(4-2-12(1)10-22-19-7-13(8-19)9-19)16-17-15-5-6-20-18(15)21-11-25(17)24-23-16/h5-6,11-14,20,22-24H,1-4,7-10H2/t12-,13?,14-,19?. The van der Waals surface area contributed by atoms with Crippen LogP contribution in [0.15, 0.2) is 23.0 Å². The van der Waals surface area contributed by atoms with E-state index in [4.69, 9.17) is 0 Å². The molecule has 6 heteroatoms. The Bertz CT molecular complexity index is 737. The predicted octanol–water partition coefficient (Wildman–Crippen LogP) is 2.63. The highest BCUT2D eigenvalue weighted by atomic mass is 15.7. The molecule has 1 aromatic heterocycles. The molecule has 25 heavy (non-hydrogen) atoms. The largest absolute Gasteiger partial charge is 0.346 e. The van der Waals surface area contributed by atoms with Gasteiger partial charge < -0.3 is 15.7 Å². The molecule has 4 N–H and O–H groups in total. The Labute approximate surface area is 148 Å². The second-order valence-electron chi connectivity index (χ2n) is 8.71. The van der Waals surface area contributed by atoms with Crippen molar-refractivity contribution in [3.8, 4) is 0 Å². The van der Waals surface area contributed by atoms with E-state index < -0.39 is 0 Å². The van der Waals surface area contributed by atoms with Gasteiger partial charge in [0.15, 0.2) is 0 Å². The lowest BCUT2D eigenvalue weighted by Gasteiger charge is -2.62. The van der Waals surface area contributed by atoms with Crippen LogP contribution in [0.5, 0.6) is 0 Å². The van der Waals surface area contributed by atoms with Gasteiger partial charge in [0.1, 0.15) is 12.2 Å². The number of fused-ring (bicyclic) bond motifs is 3. The van der Waals surface area contributed by atoms with Crippen LogP contribution in [0.25, 0.3) is 5.70 Å². The summed E-state index contributed by atoms with van der Waals surface area (Å²) in [7, 11) is 0. The van der Waals surface area contributed by atoms with Gasteiger partial charge in [-0.05, 0) is 69.4 Å². The minimum Gasteiger partial charge on any atom is -0.346 e. The van der Waals surface area contributed by atoms with Crippen molar-refractivity contribution in [1.29, 1.82) is 0 Å². The van der Waals surface area contributed by atoms with Gasteiger partial charge in [-0.1, -0.05) is 0 Å². The number of hydrazine groups is 2. The summed E-state index contributed by atoms with van der Waals surface area (Å²) in [6.07, 6.45) is 13.4. The monoisotopic (exact) mass is 338 g/mol. The van der Waals surface area contributed by atoms with Crippen molar-refractivity contribution < 1.29 is 0 Å². The molecule has 1 aromatic rings. The van der Waals surface area contributed by atoms with Crippen LogP contribution in [0.2, 0.25) is 0 Å². The van der Waals surface area contributed by atoms with Crippen molar-refractivity contribution in [2.75, 3.05) is 6.54 Å². The molecule has 7 rings (SSSR count). The Morgan fingerprint density at radius 2 is 2.04 bits per heavy atom. The van der Waals surface area contributed by atoms with Gasteiger partial charge in [-0.3, -0.25) is 0 Å². The SMILES string of the molecule is C1=Nc2[nH]ccc2C2=C([C@H]3CC[C@H](CNC45CC(C4)C5)CC3)NNN12. The Hall–Kier alpha value is -1.79. The number of aromatic amines is 1. The van der Waals surface area contributed by atoms with Gasteiger partial charge in [-0.15, -0.1) is 5.53 Å². The molecule has 4 saturated carbocycles. The Morgan fingerprint density at radius 3 is 2.80 bits per heavy atom. The third-order valence-electron chi connectivity index (χ3n) is 7.15. The van der Waals surface area contributed by atoms with E-state index in [2.05, 4.69) is 32.3 Å². The van der Waals surface area contributed by atoms with Crippen molar-refractivity contribution in [1.82, 2.24) is 26.3 Å². The lowest BCUT2D eigenvalue weighted by atomic mass is 9.50. The van der Waals surface area contributed by atoms with Crippen LogP contribution in [0.1, 0.15) is 50.5 Å². The first-order valence-electron chi connectivity index (χ1n) is 9.82. The number of hydrogen-bond acceptors (Lipinski definition) is 5. The molecule has 0 amide bonds. The summed E-state index contributed by atoms with van der Waals surface area (Å²) >= 11 is 0. The number of rotatable bonds is 4. The van der Waals surface area contributed by atoms with E-state index in [1.165, 1.54) is 68.4 Å². The van der Waals surface area contributed by atoms with Gasteiger partial charge in [-0.2, -0.15) is 0 Å².